The van der Waals surface area contributed by atoms with Crippen LogP contribution in [-0.2, 0) is 9.59 Å². The quantitative estimate of drug-likeness (QED) is 0.783. The monoisotopic (exact) mass is 264 g/mol. The Bertz CT molecular complexity index is 372. The molecule has 2 atom stereocenters. The fourth-order valence-electron chi connectivity index (χ4n) is 3.16. The molecule has 0 saturated heterocycles. The molecule has 2 aliphatic rings. The van der Waals surface area contributed by atoms with Gasteiger partial charge in [-0.2, -0.15) is 0 Å². The summed E-state index contributed by atoms with van der Waals surface area (Å²) in [6, 6.07) is -0.513. The summed E-state index contributed by atoms with van der Waals surface area (Å²) >= 11 is 0. The summed E-state index contributed by atoms with van der Waals surface area (Å²) in [6.45, 7) is 2.39. The minimum Gasteiger partial charge on any atom is -0.344 e. The van der Waals surface area contributed by atoms with E-state index in [0.29, 0.717) is 5.92 Å². The van der Waals surface area contributed by atoms with Crippen LogP contribution >= 0.6 is 0 Å². The molecule has 1 aliphatic carbocycles. The summed E-state index contributed by atoms with van der Waals surface area (Å²) in [6.07, 6.45) is 9.62. The highest BCUT2D eigenvalue weighted by atomic mass is 16.2. The van der Waals surface area contributed by atoms with Gasteiger partial charge in [-0.3, -0.25) is 14.5 Å². The number of ketones is 1. The maximum absolute atomic E-state index is 12.3. The van der Waals surface area contributed by atoms with E-state index in [1.807, 2.05) is 24.1 Å². The molecular weight excluding hydrogens is 240 g/mol. The molecule has 19 heavy (non-hydrogen) atoms. The molecule has 1 saturated carbocycles. The van der Waals surface area contributed by atoms with Crippen LogP contribution in [0.2, 0.25) is 0 Å². The maximum Gasteiger partial charge on any atom is 0.241 e. The number of nitrogens with one attached hydrogen (secondary N) is 1. The number of Topliss-reactive ketones (excluding diaryl/α,β-unsaturated/α-hetero) is 1. The molecule has 1 amide bonds. The number of carbonyl (C=O) groups is 2. The van der Waals surface area contributed by atoms with Gasteiger partial charge in [0.25, 0.3) is 0 Å². The smallest absolute Gasteiger partial charge is 0.241 e. The molecular formula is C15H24N2O2. The topological polar surface area (TPSA) is 49.4 Å². The van der Waals surface area contributed by atoms with E-state index in [1.54, 1.807) is 6.92 Å². The first-order valence-corrected chi connectivity index (χ1v) is 7.27. The lowest BCUT2D eigenvalue weighted by Gasteiger charge is -2.30. The van der Waals surface area contributed by atoms with Gasteiger partial charge in [0.05, 0.1) is 6.04 Å². The van der Waals surface area contributed by atoms with Gasteiger partial charge in [-0.25, -0.2) is 0 Å². The van der Waals surface area contributed by atoms with Crippen LogP contribution in [-0.4, -0.2) is 42.3 Å². The van der Waals surface area contributed by atoms with E-state index in [2.05, 4.69) is 5.32 Å². The molecule has 1 aliphatic heterocycles. The van der Waals surface area contributed by atoms with Crippen LogP contribution in [0.5, 0.6) is 0 Å². The number of rotatable bonds is 4. The molecule has 0 unspecified atom stereocenters. The fraction of sp³-hybridized carbons (Fsp3) is 0.733. The molecule has 0 spiro atoms. The zero-order chi connectivity index (χ0) is 13.8. The summed E-state index contributed by atoms with van der Waals surface area (Å²) in [5, 5.41) is 2.98. The molecule has 1 fully saturated rings. The second-order valence-electron chi connectivity index (χ2n) is 5.81. The van der Waals surface area contributed by atoms with E-state index in [9.17, 15) is 9.59 Å². The molecule has 0 bridgehead atoms. The van der Waals surface area contributed by atoms with Crippen LogP contribution in [0, 0.1) is 5.92 Å². The second-order valence-corrected chi connectivity index (χ2v) is 5.81. The van der Waals surface area contributed by atoms with Gasteiger partial charge in [-0.1, -0.05) is 31.4 Å². The third kappa shape index (κ3) is 3.44. The zero-order valence-electron chi connectivity index (χ0n) is 11.9. The third-order valence-electron chi connectivity index (χ3n) is 4.31. The number of hydrogen-bond acceptors (Lipinski definition) is 3. The van der Waals surface area contributed by atoms with Crippen LogP contribution in [0.3, 0.4) is 0 Å². The summed E-state index contributed by atoms with van der Waals surface area (Å²) in [5.41, 5.74) is 0. The Morgan fingerprint density at radius 1 is 1.26 bits per heavy atom. The van der Waals surface area contributed by atoms with Gasteiger partial charge in [0, 0.05) is 6.54 Å². The summed E-state index contributed by atoms with van der Waals surface area (Å²) < 4.78 is 0. The average molecular weight is 264 g/mol. The highest BCUT2D eigenvalue weighted by Gasteiger charge is 2.31. The maximum atomic E-state index is 12.3. The standard InChI is InChI=1S/C15H24N2O2/c1-11(18)14(12-7-4-3-5-8-12)16-15(19)13-9-6-10-17(13)2/h6,9,12-14H,3-5,7-8,10H2,1-2H3,(H,16,19)/t13-,14+/m0/s1. The van der Waals surface area contributed by atoms with Gasteiger partial charge in [0.1, 0.15) is 6.04 Å². The molecule has 0 aromatic carbocycles. The summed E-state index contributed by atoms with van der Waals surface area (Å²) in [5.74, 6) is 0.373. The van der Waals surface area contributed by atoms with Crippen molar-refractivity contribution in [1.82, 2.24) is 10.2 Å². The molecule has 2 rings (SSSR count). The predicted octanol–water partition coefficient (Wildman–Crippen LogP) is 1.51. The highest BCUT2D eigenvalue weighted by Crippen LogP contribution is 2.27. The van der Waals surface area contributed by atoms with Crippen molar-refractivity contribution in [2.45, 2.75) is 51.1 Å². The molecule has 1 heterocycles. The van der Waals surface area contributed by atoms with E-state index >= 15 is 0 Å². The number of amides is 1. The molecule has 0 radical (unpaired) electrons. The van der Waals surface area contributed by atoms with Crippen molar-refractivity contribution >= 4 is 11.7 Å². The normalized spacial score (nSPS) is 26.3. The Labute approximate surface area is 115 Å². The first kappa shape index (κ1) is 14.3. The Balaban J connectivity index is 1.98. The van der Waals surface area contributed by atoms with Gasteiger partial charge in [0.2, 0.25) is 5.91 Å². The highest BCUT2D eigenvalue weighted by molar-refractivity contribution is 5.91. The Hall–Kier alpha value is -1.16. The van der Waals surface area contributed by atoms with E-state index in [0.717, 1.165) is 19.4 Å². The van der Waals surface area contributed by atoms with Crippen molar-refractivity contribution in [3.63, 3.8) is 0 Å². The van der Waals surface area contributed by atoms with Crippen LogP contribution in [0.25, 0.3) is 0 Å². The van der Waals surface area contributed by atoms with Gasteiger partial charge < -0.3 is 5.32 Å². The second kappa shape index (κ2) is 6.33. The lowest BCUT2D eigenvalue weighted by atomic mass is 9.82. The summed E-state index contributed by atoms with van der Waals surface area (Å²) in [7, 11) is 1.92. The van der Waals surface area contributed by atoms with Gasteiger partial charge >= 0.3 is 0 Å². The molecule has 0 aromatic heterocycles. The van der Waals surface area contributed by atoms with E-state index in [1.165, 1.54) is 19.3 Å². The van der Waals surface area contributed by atoms with E-state index < -0.39 is 0 Å². The van der Waals surface area contributed by atoms with Crippen molar-refractivity contribution < 1.29 is 9.59 Å². The van der Waals surface area contributed by atoms with Crippen molar-refractivity contribution in [3.8, 4) is 0 Å². The minimum absolute atomic E-state index is 0.0398. The lowest BCUT2D eigenvalue weighted by Crippen LogP contribution is -2.51. The largest absolute Gasteiger partial charge is 0.344 e. The first-order chi connectivity index (χ1) is 9.09. The number of nitrogens with zero attached hydrogens (tertiary/aromatic N) is 1. The van der Waals surface area contributed by atoms with Crippen molar-refractivity contribution in [1.29, 1.82) is 0 Å². The molecule has 4 heteroatoms. The number of hydrogen-bond donors (Lipinski definition) is 1. The molecule has 106 valence electrons. The lowest BCUT2D eigenvalue weighted by molar-refractivity contribution is -0.130. The number of likely N-dealkylation sites (N-methyl/N-ethyl adjacent to an activating group) is 1. The Morgan fingerprint density at radius 3 is 2.47 bits per heavy atom. The average Bonchev–Trinajstić information content (AvgIpc) is 2.82. The van der Waals surface area contributed by atoms with E-state index in [-0.39, 0.29) is 23.8 Å². The van der Waals surface area contributed by atoms with Crippen LogP contribution in [0.15, 0.2) is 12.2 Å². The Morgan fingerprint density at radius 2 is 1.95 bits per heavy atom. The van der Waals surface area contributed by atoms with E-state index in [4.69, 9.17) is 0 Å². The van der Waals surface area contributed by atoms with Crippen LogP contribution < -0.4 is 5.32 Å². The first-order valence-electron chi connectivity index (χ1n) is 7.27. The molecule has 0 aromatic rings. The van der Waals surface area contributed by atoms with Crippen LogP contribution in [0.1, 0.15) is 39.0 Å². The van der Waals surface area contributed by atoms with Crippen molar-refractivity contribution in [3.05, 3.63) is 12.2 Å². The summed E-state index contributed by atoms with van der Waals surface area (Å²) in [4.78, 5) is 26.1. The van der Waals surface area contributed by atoms with Gasteiger partial charge in [0.15, 0.2) is 5.78 Å². The number of carbonyl (C=O) groups excluding carboxylic acids is 2. The van der Waals surface area contributed by atoms with Gasteiger partial charge in [-0.05, 0) is 32.7 Å². The minimum atomic E-state index is -0.296. The predicted molar refractivity (Wildman–Crippen MR) is 74.7 cm³/mol. The van der Waals surface area contributed by atoms with Crippen LogP contribution in [0.4, 0.5) is 0 Å². The SMILES string of the molecule is CC(=O)[C@@H](NC(=O)[C@@H]1C=CCN1C)C1CCCCC1. The molecule has 4 nitrogen and oxygen atoms in total. The zero-order valence-corrected chi connectivity index (χ0v) is 11.9. The fourth-order valence-corrected chi connectivity index (χ4v) is 3.16. The molecule has 1 N–H and O–H groups in total. The Kier molecular flexibility index (Phi) is 4.75. The van der Waals surface area contributed by atoms with Crippen molar-refractivity contribution in [2.24, 2.45) is 5.92 Å². The van der Waals surface area contributed by atoms with Crippen molar-refractivity contribution in [2.75, 3.05) is 13.6 Å². The van der Waals surface area contributed by atoms with Gasteiger partial charge in [-0.15, -0.1) is 0 Å². The third-order valence-corrected chi connectivity index (χ3v) is 4.31.